The third-order valence-corrected chi connectivity index (χ3v) is 4.19. The van der Waals surface area contributed by atoms with Crippen LogP contribution in [0.5, 0.6) is 5.75 Å². The molecule has 0 unspecified atom stereocenters. The third-order valence-electron chi connectivity index (χ3n) is 3.71. The van der Waals surface area contributed by atoms with Gasteiger partial charge in [0.05, 0.1) is 12.0 Å². The molecular formula is C20H18Cl2N2O. The van der Waals surface area contributed by atoms with E-state index in [1.165, 1.54) is 0 Å². The molecule has 1 aromatic heterocycles. The number of hydrogen-bond donors (Lipinski definition) is 0. The van der Waals surface area contributed by atoms with Gasteiger partial charge >= 0.3 is 0 Å². The normalized spacial score (nSPS) is 11.6. The van der Waals surface area contributed by atoms with Crippen molar-refractivity contribution in [2.75, 3.05) is 0 Å². The van der Waals surface area contributed by atoms with Gasteiger partial charge < -0.3 is 9.30 Å². The summed E-state index contributed by atoms with van der Waals surface area (Å²) in [5.74, 6) is 0.771. The zero-order valence-electron chi connectivity index (χ0n) is 13.8. The number of hydrogen-bond acceptors (Lipinski definition) is 2. The number of allylic oxidation sites excluding steroid dienone is 1. The fourth-order valence-electron chi connectivity index (χ4n) is 2.52. The van der Waals surface area contributed by atoms with E-state index in [0.717, 1.165) is 29.0 Å². The summed E-state index contributed by atoms with van der Waals surface area (Å²) in [6.45, 7) is 2.55. The van der Waals surface area contributed by atoms with Crippen LogP contribution in [0.2, 0.25) is 10.0 Å². The summed E-state index contributed by atoms with van der Waals surface area (Å²) in [4.78, 5) is 4.14. The molecule has 0 fully saturated rings. The molecule has 3 aromatic rings. The molecule has 1 heterocycles. The van der Waals surface area contributed by atoms with E-state index < -0.39 is 0 Å². The van der Waals surface area contributed by atoms with Crippen molar-refractivity contribution in [2.24, 2.45) is 0 Å². The summed E-state index contributed by atoms with van der Waals surface area (Å²) in [6, 6.07) is 13.3. The van der Waals surface area contributed by atoms with Crippen molar-refractivity contribution in [3.63, 3.8) is 0 Å². The first-order chi connectivity index (χ1) is 12.2. The van der Waals surface area contributed by atoms with Crippen LogP contribution in [0.25, 0.3) is 5.70 Å². The number of halogens is 2. The number of aromatic nitrogens is 2. The van der Waals surface area contributed by atoms with Crippen molar-refractivity contribution >= 4 is 28.9 Å². The van der Waals surface area contributed by atoms with Crippen LogP contribution in [-0.4, -0.2) is 9.55 Å². The maximum Gasteiger partial charge on any atom is 0.129 e. The molecule has 0 radical (unpaired) electrons. The molecule has 0 amide bonds. The molecule has 0 bridgehead atoms. The third kappa shape index (κ3) is 4.44. The van der Waals surface area contributed by atoms with E-state index in [-0.39, 0.29) is 0 Å². The Balaban J connectivity index is 1.92. The lowest BCUT2D eigenvalue weighted by atomic mass is 10.1. The highest BCUT2D eigenvalue weighted by molar-refractivity contribution is 6.31. The van der Waals surface area contributed by atoms with Crippen LogP contribution in [0.1, 0.15) is 24.5 Å². The maximum atomic E-state index is 6.23. The zero-order valence-corrected chi connectivity index (χ0v) is 15.3. The average molecular weight is 373 g/mol. The predicted molar refractivity (Wildman–Crippen MR) is 103 cm³/mol. The van der Waals surface area contributed by atoms with Gasteiger partial charge in [-0.1, -0.05) is 48.3 Å². The number of rotatable bonds is 6. The van der Waals surface area contributed by atoms with Crippen LogP contribution in [-0.2, 0) is 6.61 Å². The van der Waals surface area contributed by atoms with Crippen LogP contribution in [0.3, 0.4) is 0 Å². The standard InChI is InChI=1S/C20H18Cl2N2O/c1-2-3-19(24-11-10-23-14-24)18-12-17(22)8-9-20(18)25-13-15-4-6-16(21)7-5-15/h3-12,14H,2,13H2,1H3. The van der Waals surface area contributed by atoms with Gasteiger partial charge in [0.2, 0.25) is 0 Å². The second-order valence-corrected chi connectivity index (χ2v) is 6.40. The van der Waals surface area contributed by atoms with Gasteiger partial charge in [-0.15, -0.1) is 0 Å². The Morgan fingerprint density at radius 3 is 2.56 bits per heavy atom. The Hall–Kier alpha value is -2.23. The molecular weight excluding hydrogens is 355 g/mol. The van der Waals surface area contributed by atoms with Gasteiger partial charge in [-0.3, -0.25) is 0 Å². The van der Waals surface area contributed by atoms with Crippen molar-refractivity contribution in [1.82, 2.24) is 9.55 Å². The van der Waals surface area contributed by atoms with Gasteiger partial charge in [0.1, 0.15) is 12.4 Å². The van der Waals surface area contributed by atoms with E-state index >= 15 is 0 Å². The van der Waals surface area contributed by atoms with E-state index in [4.69, 9.17) is 27.9 Å². The van der Waals surface area contributed by atoms with Crippen molar-refractivity contribution in [1.29, 1.82) is 0 Å². The lowest BCUT2D eigenvalue weighted by molar-refractivity contribution is 0.305. The largest absolute Gasteiger partial charge is 0.488 e. The molecule has 128 valence electrons. The topological polar surface area (TPSA) is 27.1 Å². The van der Waals surface area contributed by atoms with Crippen LogP contribution in [0.4, 0.5) is 0 Å². The second-order valence-electron chi connectivity index (χ2n) is 5.52. The molecule has 3 nitrogen and oxygen atoms in total. The number of ether oxygens (including phenoxy) is 1. The van der Waals surface area contributed by atoms with Crippen molar-refractivity contribution in [3.05, 3.63) is 88.4 Å². The first kappa shape index (κ1) is 17.6. The maximum absolute atomic E-state index is 6.23. The second kappa shape index (κ2) is 8.24. The molecule has 0 aliphatic heterocycles. The highest BCUT2D eigenvalue weighted by Gasteiger charge is 2.12. The van der Waals surface area contributed by atoms with Gasteiger partial charge in [-0.2, -0.15) is 0 Å². The number of nitrogens with zero attached hydrogens (tertiary/aromatic N) is 2. The molecule has 0 aliphatic carbocycles. The molecule has 25 heavy (non-hydrogen) atoms. The Labute approximate surface area is 157 Å². The summed E-state index contributed by atoms with van der Waals surface area (Å²) < 4.78 is 8.03. The van der Waals surface area contributed by atoms with E-state index in [1.807, 2.05) is 53.2 Å². The van der Waals surface area contributed by atoms with Crippen molar-refractivity contribution in [3.8, 4) is 5.75 Å². The quantitative estimate of drug-likeness (QED) is 0.525. The highest BCUT2D eigenvalue weighted by atomic mass is 35.5. The van der Waals surface area contributed by atoms with E-state index in [2.05, 4.69) is 18.0 Å². The summed E-state index contributed by atoms with van der Waals surface area (Å²) >= 11 is 12.2. The molecule has 0 saturated heterocycles. The Morgan fingerprint density at radius 1 is 1.12 bits per heavy atom. The first-order valence-corrected chi connectivity index (χ1v) is 8.78. The van der Waals surface area contributed by atoms with Gasteiger partial charge in [-0.25, -0.2) is 4.98 Å². The molecule has 0 N–H and O–H groups in total. The zero-order chi connectivity index (χ0) is 17.6. The van der Waals surface area contributed by atoms with Gasteiger partial charge in [0.25, 0.3) is 0 Å². The SMILES string of the molecule is CCC=C(c1cc(Cl)ccc1OCc1ccc(Cl)cc1)n1ccnc1. The minimum absolute atomic E-state index is 0.454. The van der Waals surface area contributed by atoms with E-state index in [0.29, 0.717) is 16.7 Å². The van der Waals surface area contributed by atoms with Gasteiger partial charge in [-0.05, 0) is 42.3 Å². The lowest BCUT2D eigenvalue weighted by Crippen LogP contribution is -2.02. The van der Waals surface area contributed by atoms with Gasteiger partial charge in [0.15, 0.2) is 0 Å². The van der Waals surface area contributed by atoms with Crippen molar-refractivity contribution in [2.45, 2.75) is 20.0 Å². The van der Waals surface area contributed by atoms with Crippen LogP contribution in [0.15, 0.2) is 67.3 Å². The molecule has 0 atom stereocenters. The molecule has 0 spiro atoms. The molecule has 2 aromatic carbocycles. The summed E-state index contributed by atoms with van der Waals surface area (Å²) in [6.07, 6.45) is 8.44. The first-order valence-electron chi connectivity index (χ1n) is 8.03. The Kier molecular flexibility index (Phi) is 5.79. The van der Waals surface area contributed by atoms with Crippen LogP contribution < -0.4 is 4.74 Å². The lowest BCUT2D eigenvalue weighted by Gasteiger charge is -2.16. The fraction of sp³-hybridized carbons (Fsp3) is 0.150. The molecule has 0 saturated carbocycles. The molecule has 3 rings (SSSR count). The minimum Gasteiger partial charge on any atom is -0.488 e. The summed E-state index contributed by atoms with van der Waals surface area (Å²) in [5.41, 5.74) is 2.98. The fourth-order valence-corrected chi connectivity index (χ4v) is 2.82. The Bertz CT molecular complexity index is 856. The smallest absolute Gasteiger partial charge is 0.129 e. The summed E-state index contributed by atoms with van der Waals surface area (Å²) in [5, 5.41) is 1.38. The number of imidazole rings is 1. The Morgan fingerprint density at radius 2 is 1.88 bits per heavy atom. The molecule has 5 heteroatoms. The van der Waals surface area contributed by atoms with Gasteiger partial charge in [0, 0.05) is 28.0 Å². The average Bonchev–Trinajstić information content (AvgIpc) is 3.14. The van der Waals surface area contributed by atoms with E-state index in [1.54, 1.807) is 12.5 Å². The minimum atomic E-state index is 0.454. The van der Waals surface area contributed by atoms with Crippen LogP contribution in [0, 0.1) is 0 Å². The monoisotopic (exact) mass is 372 g/mol. The van der Waals surface area contributed by atoms with Crippen molar-refractivity contribution < 1.29 is 4.74 Å². The predicted octanol–water partition coefficient (Wildman–Crippen LogP) is 6.07. The van der Waals surface area contributed by atoms with E-state index in [9.17, 15) is 0 Å². The molecule has 0 aliphatic rings. The number of benzene rings is 2. The van der Waals surface area contributed by atoms with Crippen LogP contribution >= 0.6 is 23.2 Å². The summed E-state index contributed by atoms with van der Waals surface area (Å²) in [7, 11) is 0. The highest BCUT2D eigenvalue weighted by Crippen LogP contribution is 2.31.